The third-order valence-electron chi connectivity index (χ3n) is 8.17. The van der Waals surface area contributed by atoms with Crippen molar-refractivity contribution in [2.24, 2.45) is 24.8 Å². The number of fused-ring (bicyclic) bond motifs is 1. The van der Waals surface area contributed by atoms with Crippen LogP contribution in [0.5, 0.6) is 0 Å². The number of hydrogen-bond acceptors (Lipinski definition) is 8. The van der Waals surface area contributed by atoms with E-state index in [1.165, 1.54) is 12.8 Å². The Morgan fingerprint density at radius 3 is 2.56 bits per heavy atom. The summed E-state index contributed by atoms with van der Waals surface area (Å²) in [5.74, 6) is 4.58. The lowest BCUT2D eigenvalue weighted by molar-refractivity contribution is -0.129. The Morgan fingerprint density at radius 2 is 1.86 bits per heavy atom. The fourth-order valence-electron chi connectivity index (χ4n) is 6.99. The van der Waals surface area contributed by atoms with Gasteiger partial charge in [0.25, 0.3) is 0 Å². The van der Waals surface area contributed by atoms with Gasteiger partial charge in [-0.2, -0.15) is 10.2 Å². The Bertz CT molecular complexity index is 1420. The van der Waals surface area contributed by atoms with Crippen LogP contribution in [0.3, 0.4) is 0 Å². The molecule has 4 bridgehead atoms. The third kappa shape index (κ3) is 3.85. The highest BCUT2D eigenvalue weighted by Crippen LogP contribution is 2.56. The molecule has 0 saturated heterocycles. The predicted octanol–water partition coefficient (Wildman–Crippen LogP) is 4.23. The van der Waals surface area contributed by atoms with Gasteiger partial charge in [-0.15, -0.1) is 0 Å². The Labute approximate surface area is 208 Å². The summed E-state index contributed by atoms with van der Waals surface area (Å²) in [6.45, 7) is 1.97. The molecule has 36 heavy (non-hydrogen) atoms. The van der Waals surface area contributed by atoms with Gasteiger partial charge in [0.1, 0.15) is 17.5 Å². The van der Waals surface area contributed by atoms with Crippen LogP contribution in [0.1, 0.15) is 37.8 Å². The SMILES string of the molecule is Cc1cc(Nc2cc3nc(Nc4cnn(C)c4)ccc3c(NC3C4CC5CC3CC(O)(C5)C4)n2)n[nH]1. The van der Waals surface area contributed by atoms with Crippen LogP contribution in [-0.4, -0.2) is 46.7 Å². The molecule has 8 rings (SSSR count). The standard InChI is InChI=1S/C26H31N9O/c1-14-5-23(34-33-14)30-22-8-20-19(3-4-21(29-20)28-18-12-27-35(2)13-18)25(31-22)32-24-16-6-15-7-17(24)11-26(36,9-15)10-16/h3-5,8,12-13,15-17,24,36H,6-7,9-11H2,1-2H3,(H,28,29)(H3,30,31,32,33,34). The molecule has 4 aromatic heterocycles. The molecule has 4 fully saturated rings. The van der Waals surface area contributed by atoms with Gasteiger partial charge >= 0.3 is 0 Å². The van der Waals surface area contributed by atoms with E-state index in [0.717, 1.165) is 53.2 Å². The van der Waals surface area contributed by atoms with Crippen LogP contribution in [0.25, 0.3) is 10.9 Å². The zero-order valence-electron chi connectivity index (χ0n) is 20.5. The average molecular weight is 486 g/mol. The molecule has 2 unspecified atom stereocenters. The van der Waals surface area contributed by atoms with Gasteiger partial charge in [-0.25, -0.2) is 9.97 Å². The number of aromatic nitrogens is 6. The molecule has 0 amide bonds. The summed E-state index contributed by atoms with van der Waals surface area (Å²) in [6, 6.07) is 8.27. The quantitative estimate of drug-likeness (QED) is 0.274. The average Bonchev–Trinajstić information content (AvgIpc) is 3.42. The first-order chi connectivity index (χ1) is 17.4. The van der Waals surface area contributed by atoms with E-state index in [4.69, 9.17) is 9.97 Å². The maximum atomic E-state index is 11.0. The van der Waals surface area contributed by atoms with Crippen molar-refractivity contribution in [2.75, 3.05) is 16.0 Å². The van der Waals surface area contributed by atoms with Crippen molar-refractivity contribution in [3.63, 3.8) is 0 Å². The van der Waals surface area contributed by atoms with Crippen LogP contribution >= 0.6 is 0 Å². The lowest BCUT2D eigenvalue weighted by atomic mass is 9.52. The van der Waals surface area contributed by atoms with E-state index < -0.39 is 5.60 Å². The minimum atomic E-state index is -0.459. The Kier molecular flexibility index (Phi) is 4.76. The Balaban J connectivity index is 1.25. The van der Waals surface area contributed by atoms with E-state index in [1.54, 1.807) is 10.9 Å². The highest BCUT2D eigenvalue weighted by Gasteiger charge is 2.54. The number of aryl methyl sites for hydroxylation is 2. The van der Waals surface area contributed by atoms with Crippen molar-refractivity contribution in [3.8, 4) is 0 Å². The molecule has 4 aliphatic rings. The van der Waals surface area contributed by atoms with Gasteiger partial charge in [0.05, 0.1) is 23.0 Å². The highest BCUT2D eigenvalue weighted by molar-refractivity contribution is 5.93. The van der Waals surface area contributed by atoms with Crippen LogP contribution < -0.4 is 16.0 Å². The maximum Gasteiger partial charge on any atom is 0.153 e. The number of anilines is 5. The zero-order chi connectivity index (χ0) is 24.4. The van der Waals surface area contributed by atoms with Crippen LogP contribution in [-0.2, 0) is 7.05 Å². The number of aliphatic hydroxyl groups is 1. The van der Waals surface area contributed by atoms with Crippen molar-refractivity contribution in [2.45, 2.75) is 50.7 Å². The molecule has 4 heterocycles. The van der Waals surface area contributed by atoms with E-state index >= 15 is 0 Å². The summed E-state index contributed by atoms with van der Waals surface area (Å²) < 4.78 is 1.75. The molecule has 4 aromatic rings. The van der Waals surface area contributed by atoms with E-state index in [-0.39, 0.29) is 0 Å². The first kappa shape index (κ1) is 21.6. The topological polar surface area (TPSA) is 129 Å². The summed E-state index contributed by atoms with van der Waals surface area (Å²) in [5, 5.41) is 34.0. The van der Waals surface area contributed by atoms with Gasteiger partial charge in [0.2, 0.25) is 0 Å². The summed E-state index contributed by atoms with van der Waals surface area (Å²) in [7, 11) is 1.89. The minimum absolute atomic E-state index is 0.314. The largest absolute Gasteiger partial charge is 0.390 e. The summed E-state index contributed by atoms with van der Waals surface area (Å²) >= 11 is 0. The van der Waals surface area contributed by atoms with Crippen LogP contribution in [0.4, 0.5) is 29.0 Å². The summed E-state index contributed by atoms with van der Waals surface area (Å²) in [4.78, 5) is 9.89. The number of pyridine rings is 2. The minimum Gasteiger partial charge on any atom is -0.390 e. The van der Waals surface area contributed by atoms with Gasteiger partial charge in [-0.05, 0) is 68.9 Å². The third-order valence-corrected chi connectivity index (χ3v) is 8.17. The van der Waals surface area contributed by atoms with Crippen LogP contribution in [0, 0.1) is 24.7 Å². The molecule has 10 heteroatoms. The van der Waals surface area contributed by atoms with Crippen LogP contribution in [0.15, 0.2) is 36.7 Å². The van der Waals surface area contributed by atoms with Crippen molar-refractivity contribution >= 4 is 39.9 Å². The molecular weight excluding hydrogens is 454 g/mol. The van der Waals surface area contributed by atoms with Crippen molar-refractivity contribution in [3.05, 3.63) is 42.4 Å². The summed E-state index contributed by atoms with van der Waals surface area (Å²) in [5.41, 5.74) is 2.23. The number of H-pyrrole nitrogens is 1. The molecule has 2 atom stereocenters. The van der Waals surface area contributed by atoms with Gasteiger partial charge in [0.15, 0.2) is 5.82 Å². The number of rotatable bonds is 6. The van der Waals surface area contributed by atoms with Gasteiger partial charge < -0.3 is 21.1 Å². The number of aromatic amines is 1. The molecule has 4 saturated carbocycles. The first-order valence-corrected chi connectivity index (χ1v) is 12.7. The number of nitrogens with one attached hydrogen (secondary N) is 4. The lowest BCUT2D eigenvalue weighted by Crippen LogP contribution is -2.59. The second kappa shape index (κ2) is 7.92. The smallest absolute Gasteiger partial charge is 0.153 e. The van der Waals surface area contributed by atoms with Crippen LogP contribution in [0.2, 0.25) is 0 Å². The van der Waals surface area contributed by atoms with E-state index in [9.17, 15) is 5.11 Å². The number of hydrogen-bond donors (Lipinski definition) is 5. The monoisotopic (exact) mass is 485 g/mol. The normalized spacial score (nSPS) is 28.5. The second-order valence-corrected chi connectivity index (χ2v) is 11.1. The lowest BCUT2D eigenvalue weighted by Gasteiger charge is -2.58. The molecule has 4 aliphatic carbocycles. The Hall–Kier alpha value is -3.66. The van der Waals surface area contributed by atoms with Gasteiger partial charge in [-0.3, -0.25) is 9.78 Å². The van der Waals surface area contributed by atoms with Gasteiger partial charge in [0, 0.05) is 42.5 Å². The molecule has 0 aliphatic heterocycles. The predicted molar refractivity (Wildman–Crippen MR) is 139 cm³/mol. The van der Waals surface area contributed by atoms with E-state index in [2.05, 4.69) is 37.3 Å². The zero-order valence-corrected chi connectivity index (χ0v) is 20.5. The van der Waals surface area contributed by atoms with Crippen molar-refractivity contribution in [1.82, 2.24) is 29.9 Å². The van der Waals surface area contributed by atoms with Crippen molar-refractivity contribution < 1.29 is 5.11 Å². The van der Waals surface area contributed by atoms with E-state index in [0.29, 0.717) is 35.4 Å². The van der Waals surface area contributed by atoms with Gasteiger partial charge in [-0.1, -0.05) is 0 Å². The number of nitrogens with zero attached hydrogens (tertiary/aromatic N) is 5. The molecule has 186 valence electrons. The maximum absolute atomic E-state index is 11.0. The molecule has 5 N–H and O–H groups in total. The van der Waals surface area contributed by atoms with E-state index in [1.807, 2.05) is 38.4 Å². The fourth-order valence-corrected chi connectivity index (χ4v) is 6.99. The second-order valence-electron chi connectivity index (χ2n) is 11.1. The molecule has 10 nitrogen and oxygen atoms in total. The molecule has 0 radical (unpaired) electrons. The van der Waals surface area contributed by atoms with Crippen molar-refractivity contribution in [1.29, 1.82) is 0 Å². The summed E-state index contributed by atoms with van der Waals surface area (Å²) in [6.07, 6.45) is 8.83. The first-order valence-electron chi connectivity index (χ1n) is 12.7. The Morgan fingerprint density at radius 1 is 1.03 bits per heavy atom. The highest BCUT2D eigenvalue weighted by atomic mass is 16.3. The molecular formula is C26H31N9O. The fraction of sp³-hybridized carbons (Fsp3) is 0.462. The molecule has 0 aromatic carbocycles. The molecule has 0 spiro atoms.